The van der Waals surface area contributed by atoms with Crippen LogP contribution in [-0.2, 0) is 13.0 Å². The summed E-state index contributed by atoms with van der Waals surface area (Å²) in [5.41, 5.74) is 2.13. The molecule has 0 radical (unpaired) electrons. The van der Waals surface area contributed by atoms with Gasteiger partial charge in [-0.2, -0.15) is 0 Å². The van der Waals surface area contributed by atoms with Gasteiger partial charge in [-0.05, 0) is 42.8 Å². The summed E-state index contributed by atoms with van der Waals surface area (Å²) in [6, 6.07) is 14.0. The Bertz CT molecular complexity index is 886. The second-order valence-electron chi connectivity index (χ2n) is 6.17. The summed E-state index contributed by atoms with van der Waals surface area (Å²) in [7, 11) is 0. The van der Waals surface area contributed by atoms with Crippen LogP contribution in [-0.4, -0.2) is 38.4 Å². The lowest BCUT2D eigenvalue weighted by Gasteiger charge is -2.15. The van der Waals surface area contributed by atoms with Crippen molar-refractivity contribution in [2.24, 2.45) is 0 Å². The van der Waals surface area contributed by atoms with Crippen LogP contribution in [0.5, 0.6) is 5.75 Å². The number of hydrogen-bond donors (Lipinski definition) is 2. The van der Waals surface area contributed by atoms with Gasteiger partial charge in [-0.1, -0.05) is 19.1 Å². The van der Waals surface area contributed by atoms with Crippen molar-refractivity contribution in [2.45, 2.75) is 32.4 Å². The Labute approximate surface area is 151 Å². The summed E-state index contributed by atoms with van der Waals surface area (Å²) in [5.74, 6) is 0.504. The molecule has 2 N–H and O–H groups in total. The lowest BCUT2D eigenvalue weighted by Crippen LogP contribution is -2.24. The Morgan fingerprint density at radius 1 is 1.19 bits per heavy atom. The molecule has 0 saturated carbocycles. The lowest BCUT2D eigenvalue weighted by atomic mass is 10.2. The SMILES string of the molecule is CCCc1nc2ccccc2n1C[C@H](O)COc1ccc(C(=O)O)cc1. The second kappa shape index (κ2) is 8.01. The van der Waals surface area contributed by atoms with Crippen LogP contribution in [0.2, 0.25) is 0 Å². The molecule has 0 amide bonds. The molecule has 3 aromatic rings. The van der Waals surface area contributed by atoms with Gasteiger partial charge in [0.15, 0.2) is 0 Å². The first-order valence-corrected chi connectivity index (χ1v) is 8.67. The average molecular weight is 354 g/mol. The number of benzene rings is 2. The van der Waals surface area contributed by atoms with Gasteiger partial charge in [-0.25, -0.2) is 9.78 Å². The van der Waals surface area contributed by atoms with Gasteiger partial charge in [0.25, 0.3) is 0 Å². The zero-order valence-corrected chi connectivity index (χ0v) is 14.6. The highest BCUT2D eigenvalue weighted by atomic mass is 16.5. The first-order valence-electron chi connectivity index (χ1n) is 8.67. The van der Waals surface area contributed by atoms with Gasteiger partial charge in [-0.15, -0.1) is 0 Å². The first-order chi connectivity index (χ1) is 12.6. The number of rotatable bonds is 8. The van der Waals surface area contributed by atoms with Crippen molar-refractivity contribution in [3.63, 3.8) is 0 Å². The van der Waals surface area contributed by atoms with Crippen molar-refractivity contribution in [2.75, 3.05) is 6.61 Å². The number of aromatic nitrogens is 2. The predicted octanol–water partition coefficient (Wildman–Crippen LogP) is 3.13. The Morgan fingerprint density at radius 2 is 1.92 bits per heavy atom. The third kappa shape index (κ3) is 4.03. The first kappa shape index (κ1) is 17.9. The van der Waals surface area contributed by atoms with Crippen LogP contribution >= 0.6 is 0 Å². The van der Waals surface area contributed by atoms with E-state index < -0.39 is 12.1 Å². The quantitative estimate of drug-likeness (QED) is 0.649. The number of aryl methyl sites for hydroxylation is 1. The van der Waals surface area contributed by atoms with Crippen molar-refractivity contribution in [3.8, 4) is 5.75 Å². The maximum atomic E-state index is 10.9. The lowest BCUT2D eigenvalue weighted by molar-refractivity contribution is 0.0696. The molecule has 1 aromatic heterocycles. The molecule has 0 bridgehead atoms. The van der Waals surface area contributed by atoms with Crippen molar-refractivity contribution in [3.05, 3.63) is 59.9 Å². The summed E-state index contributed by atoms with van der Waals surface area (Å²) < 4.78 is 7.63. The Kier molecular flexibility index (Phi) is 5.53. The molecular weight excluding hydrogens is 332 g/mol. The van der Waals surface area contributed by atoms with Gasteiger partial charge in [0.2, 0.25) is 0 Å². The van der Waals surface area contributed by atoms with Gasteiger partial charge >= 0.3 is 5.97 Å². The minimum atomic E-state index is -0.980. The Hall–Kier alpha value is -2.86. The molecule has 0 aliphatic rings. The highest BCUT2D eigenvalue weighted by Crippen LogP contribution is 2.18. The van der Waals surface area contributed by atoms with Crippen LogP contribution in [0.3, 0.4) is 0 Å². The number of ether oxygens (including phenoxy) is 1. The van der Waals surface area contributed by atoms with Gasteiger partial charge < -0.3 is 19.5 Å². The molecule has 0 aliphatic carbocycles. The van der Waals surface area contributed by atoms with E-state index in [9.17, 15) is 9.90 Å². The topological polar surface area (TPSA) is 84.6 Å². The standard InChI is InChI=1S/C20H22N2O4/c1-2-5-19-21-17-6-3-4-7-18(17)22(19)12-15(23)13-26-16-10-8-14(9-11-16)20(24)25/h3-4,6-11,15,23H,2,5,12-13H2,1H3,(H,24,25)/t15-/m0/s1. The summed E-state index contributed by atoms with van der Waals surface area (Å²) in [6.07, 6.45) is 1.12. The molecule has 3 rings (SSSR count). The fraction of sp³-hybridized carbons (Fsp3) is 0.300. The Balaban J connectivity index is 1.68. The summed E-state index contributed by atoms with van der Waals surface area (Å²) in [4.78, 5) is 15.5. The van der Waals surface area contributed by atoms with E-state index in [4.69, 9.17) is 9.84 Å². The molecule has 6 heteroatoms. The number of para-hydroxylation sites is 2. The number of aliphatic hydroxyl groups excluding tert-OH is 1. The predicted molar refractivity (Wildman–Crippen MR) is 98.6 cm³/mol. The van der Waals surface area contributed by atoms with Crippen LogP contribution in [0.4, 0.5) is 0 Å². The summed E-state index contributed by atoms with van der Waals surface area (Å²) in [5, 5.41) is 19.3. The van der Waals surface area contributed by atoms with E-state index in [2.05, 4.69) is 11.9 Å². The van der Waals surface area contributed by atoms with Gasteiger partial charge in [0.1, 0.15) is 24.3 Å². The molecule has 0 aliphatic heterocycles. The van der Waals surface area contributed by atoms with Crippen molar-refractivity contribution in [1.82, 2.24) is 9.55 Å². The molecule has 0 unspecified atom stereocenters. The summed E-state index contributed by atoms with van der Waals surface area (Å²) >= 11 is 0. The molecule has 26 heavy (non-hydrogen) atoms. The number of aromatic carboxylic acids is 1. The zero-order valence-electron chi connectivity index (χ0n) is 14.6. The van der Waals surface area contributed by atoms with Crippen molar-refractivity contribution in [1.29, 1.82) is 0 Å². The largest absolute Gasteiger partial charge is 0.491 e. The number of carboxylic acid groups (broad SMARTS) is 1. The second-order valence-corrected chi connectivity index (χ2v) is 6.17. The van der Waals surface area contributed by atoms with Crippen LogP contribution in [0.25, 0.3) is 11.0 Å². The molecular formula is C20H22N2O4. The number of fused-ring (bicyclic) bond motifs is 1. The highest BCUT2D eigenvalue weighted by Gasteiger charge is 2.14. The maximum absolute atomic E-state index is 10.9. The van der Waals surface area contributed by atoms with Gasteiger partial charge in [0, 0.05) is 6.42 Å². The van der Waals surface area contributed by atoms with Crippen molar-refractivity contribution < 1.29 is 19.7 Å². The van der Waals surface area contributed by atoms with Gasteiger partial charge in [-0.3, -0.25) is 0 Å². The number of carboxylic acids is 1. The third-order valence-corrected chi connectivity index (χ3v) is 4.14. The molecule has 1 heterocycles. The van der Waals surface area contributed by atoms with E-state index in [1.165, 1.54) is 12.1 Å². The minimum Gasteiger partial charge on any atom is -0.491 e. The molecule has 136 valence electrons. The monoisotopic (exact) mass is 354 g/mol. The summed E-state index contributed by atoms with van der Waals surface area (Å²) in [6.45, 7) is 2.61. The van der Waals surface area contributed by atoms with E-state index in [0.29, 0.717) is 12.3 Å². The van der Waals surface area contributed by atoms with Crippen LogP contribution in [0.1, 0.15) is 29.5 Å². The molecule has 0 saturated heterocycles. The van der Waals surface area contributed by atoms with E-state index >= 15 is 0 Å². The molecule has 1 atom stereocenters. The van der Waals surface area contributed by atoms with Crippen molar-refractivity contribution >= 4 is 17.0 Å². The molecule has 2 aromatic carbocycles. The number of nitrogens with zero attached hydrogens (tertiary/aromatic N) is 2. The van der Waals surface area contributed by atoms with Crippen LogP contribution in [0, 0.1) is 0 Å². The van der Waals surface area contributed by atoms with Crippen LogP contribution in [0.15, 0.2) is 48.5 Å². The fourth-order valence-corrected chi connectivity index (χ4v) is 2.89. The minimum absolute atomic E-state index is 0.116. The van der Waals surface area contributed by atoms with Crippen LogP contribution < -0.4 is 4.74 Å². The highest BCUT2D eigenvalue weighted by molar-refractivity contribution is 5.87. The zero-order chi connectivity index (χ0) is 18.5. The van der Waals surface area contributed by atoms with E-state index in [-0.39, 0.29) is 12.2 Å². The average Bonchev–Trinajstić information content (AvgIpc) is 2.98. The molecule has 0 spiro atoms. The third-order valence-electron chi connectivity index (χ3n) is 4.14. The fourth-order valence-electron chi connectivity index (χ4n) is 2.89. The van der Waals surface area contributed by atoms with Gasteiger partial charge in [0.05, 0.1) is 23.1 Å². The number of imidazole rings is 1. The number of hydrogen-bond acceptors (Lipinski definition) is 4. The molecule has 0 fully saturated rings. The number of aliphatic hydroxyl groups is 1. The maximum Gasteiger partial charge on any atom is 0.335 e. The smallest absolute Gasteiger partial charge is 0.335 e. The normalized spacial score (nSPS) is 12.2. The number of carbonyl (C=O) groups is 1. The van der Waals surface area contributed by atoms with E-state index in [0.717, 1.165) is 29.7 Å². The molecule has 6 nitrogen and oxygen atoms in total. The Morgan fingerprint density at radius 3 is 2.62 bits per heavy atom. The van der Waals surface area contributed by atoms with E-state index in [1.54, 1.807) is 12.1 Å². The van der Waals surface area contributed by atoms with E-state index in [1.807, 2.05) is 28.8 Å².